The molecule has 140 valence electrons. The third kappa shape index (κ3) is 3.54. The van der Waals surface area contributed by atoms with E-state index in [1.165, 1.54) is 24.0 Å². The second kappa shape index (κ2) is 7.43. The van der Waals surface area contributed by atoms with Gasteiger partial charge in [-0.25, -0.2) is 0 Å². The minimum absolute atomic E-state index is 0.128. The van der Waals surface area contributed by atoms with Crippen LogP contribution in [0.4, 0.5) is 5.69 Å². The van der Waals surface area contributed by atoms with E-state index in [4.69, 9.17) is 4.74 Å². The van der Waals surface area contributed by atoms with Crippen LogP contribution in [0.3, 0.4) is 0 Å². The van der Waals surface area contributed by atoms with E-state index in [1.54, 1.807) is 13.2 Å². The monoisotopic (exact) mass is 364 g/mol. The Morgan fingerprint density at radius 3 is 2.81 bits per heavy atom. The second-order valence-corrected chi connectivity index (χ2v) is 7.26. The maximum absolute atomic E-state index is 12.8. The molecule has 0 radical (unpaired) electrons. The van der Waals surface area contributed by atoms with E-state index in [0.29, 0.717) is 18.0 Å². The molecule has 0 spiro atoms. The molecule has 0 saturated heterocycles. The maximum Gasteiger partial charge on any atom is 0.228 e. The zero-order valence-corrected chi connectivity index (χ0v) is 15.5. The third-order valence-corrected chi connectivity index (χ3v) is 5.50. The van der Waals surface area contributed by atoms with E-state index in [9.17, 15) is 9.59 Å². The van der Waals surface area contributed by atoms with Crippen LogP contribution in [0, 0.1) is 0 Å². The number of para-hydroxylation sites is 1. The summed E-state index contributed by atoms with van der Waals surface area (Å²) in [6.07, 6.45) is 4.91. The molecule has 2 aliphatic rings. The summed E-state index contributed by atoms with van der Waals surface area (Å²) in [5.74, 6) is -0.215. The summed E-state index contributed by atoms with van der Waals surface area (Å²) >= 11 is 0. The highest BCUT2D eigenvalue weighted by molar-refractivity contribution is 6.02. The third-order valence-electron chi connectivity index (χ3n) is 5.50. The fraction of sp³-hybridized carbons (Fsp3) is 0.364. The summed E-state index contributed by atoms with van der Waals surface area (Å²) in [4.78, 5) is 24.9. The SMILES string of the molecule is COc1cccc2c1NC(=O)C[C@H]2C(=O)NCc1ccc2c(c1)CCCC2. The summed E-state index contributed by atoms with van der Waals surface area (Å²) in [6, 6.07) is 12.0. The number of benzene rings is 2. The Morgan fingerprint density at radius 2 is 2.00 bits per heavy atom. The Hall–Kier alpha value is -2.82. The number of fused-ring (bicyclic) bond motifs is 2. The van der Waals surface area contributed by atoms with Gasteiger partial charge in [0, 0.05) is 13.0 Å². The molecule has 2 aromatic rings. The first-order valence-corrected chi connectivity index (χ1v) is 9.51. The lowest BCUT2D eigenvalue weighted by atomic mass is 9.89. The lowest BCUT2D eigenvalue weighted by molar-refractivity contribution is -0.126. The number of nitrogens with one attached hydrogen (secondary N) is 2. The quantitative estimate of drug-likeness (QED) is 0.875. The first kappa shape index (κ1) is 17.6. The Bertz CT molecular complexity index is 891. The molecule has 4 rings (SSSR count). The topological polar surface area (TPSA) is 67.4 Å². The van der Waals surface area contributed by atoms with Crippen molar-refractivity contribution in [2.45, 2.75) is 44.6 Å². The van der Waals surface area contributed by atoms with Crippen LogP contribution in [0.15, 0.2) is 36.4 Å². The van der Waals surface area contributed by atoms with Gasteiger partial charge in [-0.1, -0.05) is 30.3 Å². The molecule has 0 fully saturated rings. The fourth-order valence-corrected chi connectivity index (χ4v) is 4.07. The summed E-state index contributed by atoms with van der Waals surface area (Å²) in [7, 11) is 1.56. The number of carbonyl (C=O) groups excluding carboxylic acids is 2. The zero-order valence-electron chi connectivity index (χ0n) is 15.5. The van der Waals surface area contributed by atoms with Gasteiger partial charge in [-0.05, 0) is 54.0 Å². The van der Waals surface area contributed by atoms with Crippen LogP contribution >= 0.6 is 0 Å². The molecule has 5 nitrogen and oxygen atoms in total. The van der Waals surface area contributed by atoms with Crippen molar-refractivity contribution in [2.75, 3.05) is 12.4 Å². The molecule has 2 N–H and O–H groups in total. The largest absolute Gasteiger partial charge is 0.495 e. The number of aryl methyl sites for hydroxylation is 2. The molecule has 0 bridgehead atoms. The molecule has 1 atom stereocenters. The molecule has 5 heteroatoms. The average Bonchev–Trinajstić information content (AvgIpc) is 2.70. The molecule has 0 unspecified atom stereocenters. The number of hydrogen-bond acceptors (Lipinski definition) is 3. The van der Waals surface area contributed by atoms with Crippen molar-refractivity contribution in [2.24, 2.45) is 0 Å². The Morgan fingerprint density at radius 1 is 1.19 bits per heavy atom. The first-order chi connectivity index (χ1) is 13.2. The number of rotatable bonds is 4. The fourth-order valence-electron chi connectivity index (χ4n) is 4.07. The van der Waals surface area contributed by atoms with Crippen molar-refractivity contribution >= 4 is 17.5 Å². The predicted molar refractivity (Wildman–Crippen MR) is 104 cm³/mol. The average molecular weight is 364 g/mol. The summed E-state index contributed by atoms with van der Waals surface area (Å²) in [5.41, 5.74) is 5.35. The van der Waals surface area contributed by atoms with E-state index < -0.39 is 5.92 Å². The van der Waals surface area contributed by atoms with Crippen LogP contribution in [-0.2, 0) is 29.0 Å². The Labute approximate surface area is 159 Å². The van der Waals surface area contributed by atoms with Crippen molar-refractivity contribution in [1.82, 2.24) is 5.32 Å². The van der Waals surface area contributed by atoms with Gasteiger partial charge in [0.05, 0.1) is 18.7 Å². The van der Waals surface area contributed by atoms with Gasteiger partial charge in [0.2, 0.25) is 11.8 Å². The van der Waals surface area contributed by atoms with E-state index in [0.717, 1.165) is 24.0 Å². The maximum atomic E-state index is 12.8. The number of anilines is 1. The van der Waals surface area contributed by atoms with Gasteiger partial charge < -0.3 is 15.4 Å². The minimum atomic E-state index is -0.499. The van der Waals surface area contributed by atoms with E-state index in [1.807, 2.05) is 12.1 Å². The highest BCUT2D eigenvalue weighted by Crippen LogP contribution is 2.38. The number of hydrogen-bond donors (Lipinski definition) is 2. The van der Waals surface area contributed by atoms with E-state index in [2.05, 4.69) is 28.8 Å². The van der Waals surface area contributed by atoms with Gasteiger partial charge in [-0.3, -0.25) is 9.59 Å². The summed E-state index contributed by atoms with van der Waals surface area (Å²) < 4.78 is 5.32. The molecule has 27 heavy (non-hydrogen) atoms. The van der Waals surface area contributed by atoms with Crippen molar-refractivity contribution in [3.63, 3.8) is 0 Å². The highest BCUT2D eigenvalue weighted by atomic mass is 16.5. The van der Waals surface area contributed by atoms with Gasteiger partial charge in [-0.2, -0.15) is 0 Å². The van der Waals surface area contributed by atoms with Crippen LogP contribution < -0.4 is 15.4 Å². The van der Waals surface area contributed by atoms with Crippen LogP contribution in [-0.4, -0.2) is 18.9 Å². The van der Waals surface area contributed by atoms with Crippen molar-refractivity contribution in [3.05, 3.63) is 58.7 Å². The molecular formula is C22H24N2O3. The van der Waals surface area contributed by atoms with Crippen LogP contribution in [0.25, 0.3) is 0 Å². The van der Waals surface area contributed by atoms with Gasteiger partial charge in [-0.15, -0.1) is 0 Å². The van der Waals surface area contributed by atoms with Crippen molar-refractivity contribution in [3.8, 4) is 5.75 Å². The highest BCUT2D eigenvalue weighted by Gasteiger charge is 2.32. The van der Waals surface area contributed by atoms with Crippen LogP contribution in [0.1, 0.15) is 47.4 Å². The molecule has 1 aliphatic heterocycles. The molecule has 0 saturated carbocycles. The second-order valence-electron chi connectivity index (χ2n) is 7.26. The lowest BCUT2D eigenvalue weighted by Crippen LogP contribution is -2.35. The lowest BCUT2D eigenvalue weighted by Gasteiger charge is -2.26. The van der Waals surface area contributed by atoms with E-state index in [-0.39, 0.29) is 18.2 Å². The summed E-state index contributed by atoms with van der Waals surface area (Å²) in [5, 5.41) is 5.84. The van der Waals surface area contributed by atoms with Gasteiger partial charge in [0.25, 0.3) is 0 Å². The zero-order chi connectivity index (χ0) is 18.8. The number of methoxy groups -OCH3 is 1. The van der Waals surface area contributed by atoms with Crippen molar-refractivity contribution < 1.29 is 14.3 Å². The van der Waals surface area contributed by atoms with Gasteiger partial charge in [0.15, 0.2) is 0 Å². The molecule has 2 aromatic carbocycles. The van der Waals surface area contributed by atoms with Gasteiger partial charge >= 0.3 is 0 Å². The number of ether oxygens (including phenoxy) is 1. The Balaban J connectivity index is 1.50. The van der Waals surface area contributed by atoms with E-state index >= 15 is 0 Å². The molecule has 2 amide bonds. The molecule has 1 heterocycles. The first-order valence-electron chi connectivity index (χ1n) is 9.51. The molecule has 0 aromatic heterocycles. The van der Waals surface area contributed by atoms with Crippen LogP contribution in [0.2, 0.25) is 0 Å². The van der Waals surface area contributed by atoms with Crippen molar-refractivity contribution in [1.29, 1.82) is 0 Å². The smallest absolute Gasteiger partial charge is 0.228 e. The number of carbonyl (C=O) groups is 2. The minimum Gasteiger partial charge on any atom is -0.495 e. The Kier molecular flexibility index (Phi) is 4.84. The normalized spacial score (nSPS) is 18.1. The molecular weight excluding hydrogens is 340 g/mol. The predicted octanol–water partition coefficient (Wildman–Crippen LogP) is 3.32. The number of amides is 2. The van der Waals surface area contributed by atoms with Crippen LogP contribution in [0.5, 0.6) is 5.75 Å². The van der Waals surface area contributed by atoms with Gasteiger partial charge in [0.1, 0.15) is 5.75 Å². The molecule has 1 aliphatic carbocycles. The standard InChI is InChI=1S/C22H24N2O3/c1-27-19-8-4-7-17-18(12-20(25)24-21(17)19)22(26)23-13-14-9-10-15-5-2-3-6-16(15)11-14/h4,7-11,18H,2-3,5-6,12-13H2,1H3,(H,23,26)(H,24,25)/t18-/m1/s1. The summed E-state index contributed by atoms with van der Waals surface area (Å²) in [6.45, 7) is 0.476.